The van der Waals surface area contributed by atoms with E-state index in [4.69, 9.17) is 0 Å². The van der Waals surface area contributed by atoms with Crippen LogP contribution in [0.1, 0.15) is 35.7 Å². The Morgan fingerprint density at radius 3 is 2.56 bits per heavy atom. The number of urea groups is 1. The van der Waals surface area contributed by atoms with E-state index < -0.39 is 0 Å². The minimum absolute atomic E-state index is 0.00645. The number of benzene rings is 2. The third-order valence-corrected chi connectivity index (χ3v) is 6.52. The quantitative estimate of drug-likeness (QED) is 0.663. The predicted molar refractivity (Wildman–Crippen MR) is 124 cm³/mol. The van der Waals surface area contributed by atoms with Crippen molar-refractivity contribution in [3.63, 3.8) is 0 Å². The van der Waals surface area contributed by atoms with Crippen molar-refractivity contribution in [1.82, 2.24) is 20.0 Å². The number of rotatable bonds is 4. The van der Waals surface area contributed by atoms with Gasteiger partial charge in [-0.1, -0.05) is 42.5 Å². The molecule has 5 rings (SSSR count). The number of aromatic nitrogens is 2. The maximum atomic E-state index is 13.0. The van der Waals surface area contributed by atoms with Gasteiger partial charge in [-0.15, -0.1) is 0 Å². The molecule has 0 radical (unpaired) electrons. The van der Waals surface area contributed by atoms with Gasteiger partial charge in [0.15, 0.2) is 0 Å². The standard InChI is InChI=1S/C25H29N5O2/c31-24-12-5-4-10-23(24)28-13-15-29(16-14-28)25(32)27-21-9-6-11-22-20(21)17-26-30(22)18-19-7-2-1-3-8-19/h1-5,7-8,10,12,17,21,31H,6,9,11,13-16,18H2,(H,27,32). The number of nitrogens with zero attached hydrogens (tertiary/aromatic N) is 4. The zero-order chi connectivity index (χ0) is 21.9. The van der Waals surface area contributed by atoms with E-state index in [1.807, 2.05) is 47.5 Å². The van der Waals surface area contributed by atoms with Gasteiger partial charge in [0.1, 0.15) is 5.75 Å². The summed E-state index contributed by atoms with van der Waals surface area (Å²) in [4.78, 5) is 17.0. The lowest BCUT2D eigenvalue weighted by Crippen LogP contribution is -2.52. The molecule has 2 N–H and O–H groups in total. The number of piperazine rings is 1. The molecule has 1 aliphatic heterocycles. The fourth-order valence-corrected chi connectivity index (χ4v) is 4.78. The topological polar surface area (TPSA) is 73.6 Å². The minimum atomic E-state index is -0.0180. The average Bonchev–Trinajstić information content (AvgIpc) is 3.24. The minimum Gasteiger partial charge on any atom is -0.506 e. The summed E-state index contributed by atoms with van der Waals surface area (Å²) in [6, 6.07) is 17.7. The average molecular weight is 432 g/mol. The summed E-state index contributed by atoms with van der Waals surface area (Å²) < 4.78 is 2.08. The largest absolute Gasteiger partial charge is 0.506 e. The number of phenols is 1. The summed E-state index contributed by atoms with van der Waals surface area (Å²) in [6.07, 6.45) is 4.90. The number of fused-ring (bicyclic) bond motifs is 1. The van der Waals surface area contributed by atoms with E-state index in [1.165, 1.54) is 11.3 Å². The zero-order valence-electron chi connectivity index (χ0n) is 18.2. The Balaban J connectivity index is 1.21. The fourth-order valence-electron chi connectivity index (χ4n) is 4.78. The Morgan fingerprint density at radius 1 is 1.03 bits per heavy atom. The van der Waals surface area contributed by atoms with Gasteiger partial charge in [-0.3, -0.25) is 4.68 Å². The van der Waals surface area contributed by atoms with E-state index in [0.29, 0.717) is 26.2 Å². The van der Waals surface area contributed by atoms with Crippen LogP contribution in [0.25, 0.3) is 0 Å². The number of aromatic hydroxyl groups is 1. The molecule has 1 saturated heterocycles. The summed E-state index contributed by atoms with van der Waals surface area (Å²) in [7, 11) is 0. The van der Waals surface area contributed by atoms with Crippen LogP contribution in [0.3, 0.4) is 0 Å². The number of nitrogens with one attached hydrogen (secondary N) is 1. The van der Waals surface area contributed by atoms with Crippen molar-refractivity contribution in [3.8, 4) is 5.75 Å². The number of carbonyl (C=O) groups excluding carboxylic acids is 1. The van der Waals surface area contributed by atoms with Crippen molar-refractivity contribution in [2.45, 2.75) is 31.8 Å². The van der Waals surface area contributed by atoms with Gasteiger partial charge in [0, 0.05) is 37.4 Å². The van der Waals surface area contributed by atoms with Crippen molar-refractivity contribution < 1.29 is 9.90 Å². The van der Waals surface area contributed by atoms with Crippen molar-refractivity contribution in [1.29, 1.82) is 0 Å². The van der Waals surface area contributed by atoms with Gasteiger partial charge in [0.2, 0.25) is 0 Å². The van der Waals surface area contributed by atoms with E-state index in [2.05, 4.69) is 32.1 Å². The maximum Gasteiger partial charge on any atom is 0.318 e. The van der Waals surface area contributed by atoms with Crippen molar-refractivity contribution in [3.05, 3.63) is 77.6 Å². The van der Waals surface area contributed by atoms with E-state index in [0.717, 1.165) is 37.1 Å². The van der Waals surface area contributed by atoms with Gasteiger partial charge < -0.3 is 20.2 Å². The Morgan fingerprint density at radius 2 is 1.78 bits per heavy atom. The molecule has 0 saturated carbocycles. The summed E-state index contributed by atoms with van der Waals surface area (Å²) in [6.45, 7) is 3.43. The van der Waals surface area contributed by atoms with E-state index in [1.54, 1.807) is 6.07 Å². The molecule has 0 bridgehead atoms. The lowest BCUT2D eigenvalue weighted by Gasteiger charge is -2.37. The molecule has 2 aromatic carbocycles. The van der Waals surface area contributed by atoms with Gasteiger partial charge in [-0.05, 0) is 37.0 Å². The fraction of sp³-hybridized carbons (Fsp3) is 0.360. The van der Waals surface area contributed by atoms with Crippen LogP contribution in [-0.2, 0) is 13.0 Å². The second-order valence-corrected chi connectivity index (χ2v) is 8.55. The highest BCUT2D eigenvalue weighted by molar-refractivity contribution is 5.75. The predicted octanol–water partition coefficient (Wildman–Crippen LogP) is 3.55. The number of hydrogen-bond acceptors (Lipinski definition) is 4. The first kappa shape index (κ1) is 20.4. The van der Waals surface area contributed by atoms with Gasteiger partial charge in [0.25, 0.3) is 0 Å². The number of amides is 2. The van der Waals surface area contributed by atoms with Crippen LogP contribution in [0, 0.1) is 0 Å². The molecule has 1 aromatic heterocycles. The molecule has 0 spiro atoms. The molecule has 166 valence electrons. The highest BCUT2D eigenvalue weighted by Crippen LogP contribution is 2.31. The van der Waals surface area contributed by atoms with Crippen LogP contribution in [0.15, 0.2) is 60.8 Å². The first-order valence-electron chi connectivity index (χ1n) is 11.4. The van der Waals surface area contributed by atoms with Gasteiger partial charge in [-0.2, -0.15) is 5.10 Å². The monoisotopic (exact) mass is 431 g/mol. The van der Waals surface area contributed by atoms with Crippen LogP contribution in [0.2, 0.25) is 0 Å². The van der Waals surface area contributed by atoms with Crippen molar-refractivity contribution >= 4 is 11.7 Å². The molecule has 2 amide bonds. The van der Waals surface area contributed by atoms with E-state index >= 15 is 0 Å². The number of para-hydroxylation sites is 2. The number of anilines is 1. The third-order valence-electron chi connectivity index (χ3n) is 6.52. The van der Waals surface area contributed by atoms with Crippen LogP contribution in [0.5, 0.6) is 5.75 Å². The van der Waals surface area contributed by atoms with Crippen molar-refractivity contribution in [2.75, 3.05) is 31.1 Å². The van der Waals surface area contributed by atoms with E-state index in [9.17, 15) is 9.90 Å². The van der Waals surface area contributed by atoms with Crippen LogP contribution in [0.4, 0.5) is 10.5 Å². The highest BCUT2D eigenvalue weighted by Gasteiger charge is 2.29. The number of carbonyl (C=O) groups is 1. The van der Waals surface area contributed by atoms with Crippen LogP contribution >= 0.6 is 0 Å². The maximum absolute atomic E-state index is 13.0. The Labute approximate surface area is 188 Å². The molecule has 7 nitrogen and oxygen atoms in total. The Kier molecular flexibility index (Phi) is 5.71. The summed E-state index contributed by atoms with van der Waals surface area (Å²) >= 11 is 0. The molecule has 32 heavy (non-hydrogen) atoms. The summed E-state index contributed by atoms with van der Waals surface area (Å²) in [5.41, 5.74) is 4.44. The van der Waals surface area contributed by atoms with Crippen LogP contribution in [-0.4, -0.2) is 52.0 Å². The first-order chi connectivity index (χ1) is 15.7. The summed E-state index contributed by atoms with van der Waals surface area (Å²) in [5.74, 6) is 0.285. The van der Waals surface area contributed by atoms with E-state index in [-0.39, 0.29) is 17.8 Å². The number of phenolic OH excluding ortho intramolecular Hbond substituents is 1. The Hall–Kier alpha value is -3.48. The normalized spacial score (nSPS) is 18.3. The zero-order valence-corrected chi connectivity index (χ0v) is 18.2. The molecule has 3 aromatic rings. The molecular formula is C25H29N5O2. The van der Waals surface area contributed by atoms with Gasteiger partial charge in [-0.25, -0.2) is 4.79 Å². The molecule has 2 aliphatic rings. The molecule has 1 fully saturated rings. The lowest BCUT2D eigenvalue weighted by atomic mass is 9.93. The molecule has 2 heterocycles. The Bertz CT molecular complexity index is 1070. The van der Waals surface area contributed by atoms with Crippen LogP contribution < -0.4 is 10.2 Å². The van der Waals surface area contributed by atoms with Gasteiger partial charge >= 0.3 is 6.03 Å². The number of hydrogen-bond donors (Lipinski definition) is 2. The second kappa shape index (κ2) is 8.94. The molecule has 1 unspecified atom stereocenters. The smallest absolute Gasteiger partial charge is 0.318 e. The first-order valence-corrected chi connectivity index (χ1v) is 11.4. The molecule has 7 heteroatoms. The third kappa shape index (κ3) is 4.15. The molecular weight excluding hydrogens is 402 g/mol. The summed E-state index contributed by atoms with van der Waals surface area (Å²) in [5, 5.41) is 18.0. The second-order valence-electron chi connectivity index (χ2n) is 8.55. The highest BCUT2D eigenvalue weighted by atomic mass is 16.3. The molecule has 1 aliphatic carbocycles. The van der Waals surface area contributed by atoms with Crippen molar-refractivity contribution in [2.24, 2.45) is 0 Å². The SMILES string of the molecule is O=C(NC1CCCc2c1cnn2Cc1ccccc1)N1CCN(c2ccccc2O)CC1. The molecule has 1 atom stereocenters. The van der Waals surface area contributed by atoms with Gasteiger partial charge in [0.05, 0.1) is 24.5 Å². The lowest BCUT2D eigenvalue weighted by molar-refractivity contribution is 0.189.